The number of hydrogen-bond acceptors (Lipinski definition) is 3. The minimum Gasteiger partial charge on any atom is -0.497 e. The molecular formula is C15H16ClFN2O. The van der Waals surface area contributed by atoms with Crippen molar-refractivity contribution in [3.63, 3.8) is 0 Å². The van der Waals surface area contributed by atoms with Crippen LogP contribution in [0.25, 0.3) is 0 Å². The van der Waals surface area contributed by atoms with E-state index in [9.17, 15) is 4.39 Å². The summed E-state index contributed by atoms with van der Waals surface area (Å²) in [6, 6.07) is 12.0. The largest absolute Gasteiger partial charge is 0.497 e. The van der Waals surface area contributed by atoms with E-state index in [1.165, 1.54) is 12.1 Å². The Morgan fingerprint density at radius 1 is 1.25 bits per heavy atom. The average molecular weight is 295 g/mol. The standard InChI is InChI=1S/C15H16ClFN2O/c1-20-12-5-3-11(4-6-12)19-15(9-18)10-2-7-13(16)14(17)8-10/h2-8,15,19H,9,18H2,1H3. The summed E-state index contributed by atoms with van der Waals surface area (Å²) in [6.45, 7) is 0.340. The first-order chi connectivity index (χ1) is 9.63. The maximum atomic E-state index is 13.5. The van der Waals surface area contributed by atoms with Crippen LogP contribution in [-0.4, -0.2) is 13.7 Å². The van der Waals surface area contributed by atoms with E-state index >= 15 is 0 Å². The molecule has 3 nitrogen and oxygen atoms in total. The average Bonchev–Trinajstić information content (AvgIpc) is 2.48. The molecule has 0 heterocycles. The molecule has 3 N–H and O–H groups in total. The second-order valence-electron chi connectivity index (χ2n) is 4.33. The van der Waals surface area contributed by atoms with Crippen LogP contribution in [0.5, 0.6) is 5.75 Å². The van der Waals surface area contributed by atoms with Crippen LogP contribution in [-0.2, 0) is 0 Å². The van der Waals surface area contributed by atoms with Gasteiger partial charge in [-0.2, -0.15) is 0 Å². The van der Waals surface area contributed by atoms with Crippen LogP contribution >= 0.6 is 11.6 Å². The number of rotatable bonds is 5. The highest BCUT2D eigenvalue weighted by Gasteiger charge is 2.11. The molecule has 0 bridgehead atoms. The van der Waals surface area contributed by atoms with Crippen molar-refractivity contribution in [2.75, 3.05) is 19.0 Å². The van der Waals surface area contributed by atoms with Gasteiger partial charge in [-0.1, -0.05) is 17.7 Å². The summed E-state index contributed by atoms with van der Waals surface area (Å²) in [4.78, 5) is 0. The fraction of sp³-hybridized carbons (Fsp3) is 0.200. The molecule has 106 valence electrons. The maximum absolute atomic E-state index is 13.5. The van der Waals surface area contributed by atoms with Gasteiger partial charge in [-0.05, 0) is 42.0 Å². The highest BCUT2D eigenvalue weighted by molar-refractivity contribution is 6.30. The minimum absolute atomic E-state index is 0.106. The number of nitrogens with one attached hydrogen (secondary N) is 1. The van der Waals surface area contributed by atoms with Crippen LogP contribution in [0.2, 0.25) is 5.02 Å². The lowest BCUT2D eigenvalue weighted by Crippen LogP contribution is -2.20. The molecule has 0 saturated heterocycles. The Hall–Kier alpha value is -1.78. The molecule has 2 rings (SSSR count). The van der Waals surface area contributed by atoms with Crippen molar-refractivity contribution >= 4 is 17.3 Å². The third kappa shape index (κ3) is 3.40. The number of halogens is 2. The molecule has 0 aromatic heterocycles. The van der Waals surface area contributed by atoms with Gasteiger partial charge in [0.15, 0.2) is 0 Å². The molecular weight excluding hydrogens is 279 g/mol. The van der Waals surface area contributed by atoms with Crippen molar-refractivity contribution in [2.24, 2.45) is 5.73 Å². The van der Waals surface area contributed by atoms with E-state index in [0.29, 0.717) is 6.54 Å². The van der Waals surface area contributed by atoms with Crippen molar-refractivity contribution in [1.82, 2.24) is 0 Å². The molecule has 5 heteroatoms. The summed E-state index contributed by atoms with van der Waals surface area (Å²) in [6.07, 6.45) is 0. The smallest absolute Gasteiger partial charge is 0.142 e. The predicted molar refractivity (Wildman–Crippen MR) is 79.8 cm³/mol. The third-order valence-corrected chi connectivity index (χ3v) is 3.32. The van der Waals surface area contributed by atoms with E-state index < -0.39 is 5.82 Å². The van der Waals surface area contributed by atoms with Gasteiger partial charge in [0.25, 0.3) is 0 Å². The molecule has 1 atom stereocenters. The fourth-order valence-electron chi connectivity index (χ4n) is 1.90. The van der Waals surface area contributed by atoms with Crippen LogP contribution in [0, 0.1) is 5.82 Å². The Morgan fingerprint density at radius 2 is 1.95 bits per heavy atom. The van der Waals surface area contributed by atoms with Crippen LogP contribution in [0.15, 0.2) is 42.5 Å². The van der Waals surface area contributed by atoms with Crippen molar-refractivity contribution in [1.29, 1.82) is 0 Å². The first-order valence-electron chi connectivity index (χ1n) is 6.19. The second kappa shape index (κ2) is 6.59. The highest BCUT2D eigenvalue weighted by atomic mass is 35.5. The van der Waals surface area contributed by atoms with Crippen molar-refractivity contribution < 1.29 is 9.13 Å². The van der Waals surface area contributed by atoms with Gasteiger partial charge in [-0.3, -0.25) is 0 Å². The molecule has 0 saturated carbocycles. The molecule has 20 heavy (non-hydrogen) atoms. The Kier molecular flexibility index (Phi) is 4.82. The van der Waals surface area contributed by atoms with Gasteiger partial charge < -0.3 is 15.8 Å². The third-order valence-electron chi connectivity index (χ3n) is 3.01. The molecule has 0 radical (unpaired) electrons. The Balaban J connectivity index is 2.16. The first-order valence-corrected chi connectivity index (χ1v) is 6.57. The lowest BCUT2D eigenvalue weighted by molar-refractivity contribution is 0.415. The summed E-state index contributed by atoms with van der Waals surface area (Å²) in [5.74, 6) is 0.330. The normalized spacial score (nSPS) is 12.0. The first kappa shape index (κ1) is 14.6. The number of nitrogens with two attached hydrogens (primary N) is 1. The number of anilines is 1. The number of ether oxygens (including phenoxy) is 1. The molecule has 0 aliphatic rings. The summed E-state index contributed by atoms with van der Waals surface area (Å²) in [5, 5.41) is 3.36. The zero-order chi connectivity index (χ0) is 14.5. The molecule has 0 amide bonds. The number of hydrogen-bond donors (Lipinski definition) is 2. The summed E-state index contributed by atoms with van der Waals surface area (Å²) in [7, 11) is 1.61. The molecule has 2 aromatic rings. The molecule has 1 unspecified atom stereocenters. The van der Waals surface area contributed by atoms with Crippen LogP contribution < -0.4 is 15.8 Å². The SMILES string of the molecule is COc1ccc(NC(CN)c2ccc(Cl)c(F)c2)cc1. The van der Waals surface area contributed by atoms with Gasteiger partial charge in [0.05, 0.1) is 18.2 Å². The topological polar surface area (TPSA) is 47.3 Å². The monoisotopic (exact) mass is 294 g/mol. The summed E-state index contributed by atoms with van der Waals surface area (Å²) < 4.78 is 18.6. The van der Waals surface area contributed by atoms with Crippen molar-refractivity contribution in [2.45, 2.75) is 6.04 Å². The van der Waals surface area contributed by atoms with E-state index in [4.69, 9.17) is 22.1 Å². The quantitative estimate of drug-likeness (QED) is 0.886. The van der Waals surface area contributed by atoms with E-state index in [0.717, 1.165) is 17.0 Å². The molecule has 0 spiro atoms. The maximum Gasteiger partial charge on any atom is 0.142 e. The lowest BCUT2D eigenvalue weighted by atomic mass is 10.1. The molecule has 0 aliphatic heterocycles. The molecule has 0 fully saturated rings. The van der Waals surface area contributed by atoms with Gasteiger partial charge in [0, 0.05) is 12.2 Å². The highest BCUT2D eigenvalue weighted by Crippen LogP contribution is 2.24. The predicted octanol–water partition coefficient (Wildman–Crippen LogP) is 3.60. The Bertz CT molecular complexity index is 575. The molecule has 2 aromatic carbocycles. The number of methoxy groups -OCH3 is 1. The van der Waals surface area contributed by atoms with E-state index in [1.54, 1.807) is 13.2 Å². The van der Waals surface area contributed by atoms with Crippen LogP contribution in [0.4, 0.5) is 10.1 Å². The molecule has 0 aliphatic carbocycles. The minimum atomic E-state index is -0.445. The van der Waals surface area contributed by atoms with Gasteiger partial charge in [0.1, 0.15) is 11.6 Å². The summed E-state index contributed by atoms with van der Waals surface area (Å²) in [5.41, 5.74) is 7.39. The Labute approximate surface area is 122 Å². The zero-order valence-electron chi connectivity index (χ0n) is 11.1. The van der Waals surface area contributed by atoms with Crippen molar-refractivity contribution in [3.8, 4) is 5.75 Å². The van der Waals surface area contributed by atoms with E-state index in [2.05, 4.69) is 5.32 Å². The number of benzene rings is 2. The van der Waals surface area contributed by atoms with E-state index in [-0.39, 0.29) is 11.1 Å². The fourth-order valence-corrected chi connectivity index (χ4v) is 2.01. The Morgan fingerprint density at radius 3 is 2.50 bits per heavy atom. The van der Waals surface area contributed by atoms with Gasteiger partial charge in [-0.15, -0.1) is 0 Å². The van der Waals surface area contributed by atoms with Crippen LogP contribution in [0.3, 0.4) is 0 Å². The van der Waals surface area contributed by atoms with Gasteiger partial charge in [0.2, 0.25) is 0 Å². The van der Waals surface area contributed by atoms with Gasteiger partial charge >= 0.3 is 0 Å². The second-order valence-corrected chi connectivity index (χ2v) is 4.74. The van der Waals surface area contributed by atoms with Gasteiger partial charge in [-0.25, -0.2) is 4.39 Å². The lowest BCUT2D eigenvalue weighted by Gasteiger charge is -2.19. The van der Waals surface area contributed by atoms with E-state index in [1.807, 2.05) is 24.3 Å². The van der Waals surface area contributed by atoms with Crippen molar-refractivity contribution in [3.05, 3.63) is 58.9 Å². The zero-order valence-corrected chi connectivity index (χ0v) is 11.8. The van der Waals surface area contributed by atoms with Crippen LogP contribution in [0.1, 0.15) is 11.6 Å². The summed E-state index contributed by atoms with van der Waals surface area (Å²) >= 11 is 5.68.